The standard InChI is InChI=1S/C16H13ClN4O2/c17-12-5-3-4-11-10(12)7-8-13(11)18-15-16(21(22)23)20-9-2-1-6-14(20)19-15/h1-6,9,13,18H,7-8H2. The Kier molecular flexibility index (Phi) is 3.20. The van der Waals surface area contributed by atoms with Crippen LogP contribution in [-0.2, 0) is 6.42 Å². The number of anilines is 1. The number of fused-ring (bicyclic) bond motifs is 2. The van der Waals surface area contributed by atoms with Crippen molar-refractivity contribution in [3.05, 3.63) is 68.9 Å². The maximum atomic E-state index is 11.5. The SMILES string of the molecule is O=[N+]([O-])c1c(NC2CCc3c(Cl)cccc32)nc2ccccn12. The smallest absolute Gasteiger partial charge is 0.358 e. The fourth-order valence-electron chi connectivity index (χ4n) is 3.18. The molecule has 1 aliphatic carbocycles. The highest BCUT2D eigenvalue weighted by molar-refractivity contribution is 6.31. The van der Waals surface area contributed by atoms with Gasteiger partial charge in [-0.15, -0.1) is 0 Å². The van der Waals surface area contributed by atoms with Crippen molar-refractivity contribution in [3.63, 3.8) is 0 Å². The zero-order chi connectivity index (χ0) is 16.0. The van der Waals surface area contributed by atoms with E-state index >= 15 is 0 Å². The number of aromatic nitrogens is 2. The monoisotopic (exact) mass is 328 g/mol. The van der Waals surface area contributed by atoms with Gasteiger partial charge in [0.05, 0.1) is 12.2 Å². The van der Waals surface area contributed by atoms with E-state index < -0.39 is 4.92 Å². The van der Waals surface area contributed by atoms with Crippen LogP contribution < -0.4 is 5.32 Å². The molecule has 0 saturated heterocycles. The molecule has 3 aromatic rings. The Morgan fingerprint density at radius 2 is 2.17 bits per heavy atom. The third-order valence-electron chi connectivity index (χ3n) is 4.20. The first-order chi connectivity index (χ1) is 11.1. The highest BCUT2D eigenvalue weighted by atomic mass is 35.5. The van der Waals surface area contributed by atoms with Gasteiger partial charge in [-0.25, -0.2) is 0 Å². The first-order valence-electron chi connectivity index (χ1n) is 7.30. The zero-order valence-corrected chi connectivity index (χ0v) is 12.8. The van der Waals surface area contributed by atoms with Crippen LogP contribution in [0.25, 0.3) is 5.65 Å². The molecule has 1 N–H and O–H groups in total. The van der Waals surface area contributed by atoms with E-state index in [9.17, 15) is 10.1 Å². The fraction of sp³-hybridized carbons (Fsp3) is 0.188. The highest BCUT2D eigenvalue weighted by Crippen LogP contribution is 2.39. The molecule has 0 spiro atoms. The van der Waals surface area contributed by atoms with E-state index in [0.717, 1.165) is 29.0 Å². The number of imidazole rings is 1. The molecule has 7 heteroatoms. The second-order valence-electron chi connectivity index (χ2n) is 5.51. The number of nitrogens with zero attached hydrogens (tertiary/aromatic N) is 3. The van der Waals surface area contributed by atoms with Gasteiger partial charge in [0, 0.05) is 11.1 Å². The van der Waals surface area contributed by atoms with Gasteiger partial charge in [-0.2, -0.15) is 9.38 Å². The number of nitrogens with one attached hydrogen (secondary N) is 1. The van der Waals surface area contributed by atoms with E-state index in [1.807, 2.05) is 18.2 Å². The topological polar surface area (TPSA) is 72.5 Å². The summed E-state index contributed by atoms with van der Waals surface area (Å²) in [5, 5.41) is 15.4. The lowest BCUT2D eigenvalue weighted by atomic mass is 10.1. The second kappa shape index (κ2) is 5.24. The maximum absolute atomic E-state index is 11.5. The molecule has 1 unspecified atom stereocenters. The Morgan fingerprint density at radius 3 is 3.00 bits per heavy atom. The van der Waals surface area contributed by atoms with Crippen LogP contribution in [0.2, 0.25) is 5.02 Å². The molecule has 0 bridgehead atoms. The number of halogens is 1. The van der Waals surface area contributed by atoms with Crippen molar-refractivity contribution >= 4 is 28.9 Å². The van der Waals surface area contributed by atoms with E-state index in [4.69, 9.17) is 11.6 Å². The molecule has 1 aliphatic rings. The molecule has 1 atom stereocenters. The molecule has 1 aromatic carbocycles. The number of nitro groups is 1. The molecule has 116 valence electrons. The van der Waals surface area contributed by atoms with Crippen LogP contribution in [0.15, 0.2) is 42.6 Å². The first-order valence-corrected chi connectivity index (χ1v) is 7.68. The summed E-state index contributed by atoms with van der Waals surface area (Å²) in [4.78, 5) is 15.4. The number of benzene rings is 1. The van der Waals surface area contributed by atoms with Crippen molar-refractivity contribution in [2.75, 3.05) is 5.32 Å². The molecule has 2 heterocycles. The molecule has 2 aromatic heterocycles. The summed E-state index contributed by atoms with van der Waals surface area (Å²) in [6.45, 7) is 0. The summed E-state index contributed by atoms with van der Waals surface area (Å²) in [5.74, 6) is 0.245. The summed E-state index contributed by atoms with van der Waals surface area (Å²) in [7, 11) is 0. The zero-order valence-electron chi connectivity index (χ0n) is 12.1. The molecule has 23 heavy (non-hydrogen) atoms. The molecule has 0 fully saturated rings. The second-order valence-corrected chi connectivity index (χ2v) is 5.92. The van der Waals surface area contributed by atoms with Crippen molar-refractivity contribution in [2.24, 2.45) is 0 Å². The minimum atomic E-state index is -0.407. The van der Waals surface area contributed by atoms with Crippen molar-refractivity contribution in [1.29, 1.82) is 0 Å². The van der Waals surface area contributed by atoms with Gasteiger partial charge in [0.15, 0.2) is 0 Å². The van der Waals surface area contributed by atoms with Crippen molar-refractivity contribution in [1.82, 2.24) is 9.38 Å². The molecule has 6 nitrogen and oxygen atoms in total. The van der Waals surface area contributed by atoms with Gasteiger partial charge >= 0.3 is 5.82 Å². The van der Waals surface area contributed by atoms with E-state index in [1.165, 1.54) is 4.40 Å². The maximum Gasteiger partial charge on any atom is 0.372 e. The summed E-state index contributed by atoms with van der Waals surface area (Å²) in [6, 6.07) is 11.1. The van der Waals surface area contributed by atoms with Crippen LogP contribution in [0.3, 0.4) is 0 Å². The third kappa shape index (κ3) is 2.22. The third-order valence-corrected chi connectivity index (χ3v) is 4.56. The lowest BCUT2D eigenvalue weighted by molar-refractivity contribution is -0.389. The van der Waals surface area contributed by atoms with E-state index in [0.29, 0.717) is 11.5 Å². The Balaban J connectivity index is 1.76. The minimum absolute atomic E-state index is 0.0210. The lowest BCUT2D eigenvalue weighted by Gasteiger charge is -2.13. The molecular formula is C16H13ClN4O2. The van der Waals surface area contributed by atoms with Gasteiger partial charge < -0.3 is 15.4 Å². The summed E-state index contributed by atoms with van der Waals surface area (Å²) in [5.41, 5.74) is 2.74. The molecule has 0 aliphatic heterocycles. The Bertz CT molecular complexity index is 922. The van der Waals surface area contributed by atoms with Gasteiger partial charge in [0.25, 0.3) is 0 Å². The molecule has 0 saturated carbocycles. The minimum Gasteiger partial charge on any atom is -0.358 e. The predicted molar refractivity (Wildman–Crippen MR) is 88.0 cm³/mol. The summed E-state index contributed by atoms with van der Waals surface area (Å²) in [6.07, 6.45) is 3.34. The summed E-state index contributed by atoms with van der Waals surface area (Å²) >= 11 is 6.23. The predicted octanol–water partition coefficient (Wildman–Crippen LogP) is 4.00. The van der Waals surface area contributed by atoms with Crippen molar-refractivity contribution in [3.8, 4) is 0 Å². The molecule has 4 rings (SSSR count). The Labute approximate surface area is 136 Å². The first kappa shape index (κ1) is 14.0. The fourth-order valence-corrected chi connectivity index (χ4v) is 3.46. The quantitative estimate of drug-likeness (QED) is 0.582. The summed E-state index contributed by atoms with van der Waals surface area (Å²) < 4.78 is 1.48. The van der Waals surface area contributed by atoms with Crippen LogP contribution in [0.5, 0.6) is 0 Å². The Hall–Kier alpha value is -2.60. The van der Waals surface area contributed by atoms with Crippen LogP contribution in [0, 0.1) is 10.1 Å². The van der Waals surface area contributed by atoms with Crippen LogP contribution in [-0.4, -0.2) is 14.3 Å². The highest BCUT2D eigenvalue weighted by Gasteiger charge is 2.29. The number of hydrogen-bond acceptors (Lipinski definition) is 4. The van der Waals surface area contributed by atoms with Gasteiger partial charge in [0.2, 0.25) is 11.5 Å². The number of pyridine rings is 1. The lowest BCUT2D eigenvalue weighted by Crippen LogP contribution is -2.09. The van der Waals surface area contributed by atoms with Crippen LogP contribution >= 0.6 is 11.6 Å². The van der Waals surface area contributed by atoms with Crippen molar-refractivity contribution in [2.45, 2.75) is 18.9 Å². The van der Waals surface area contributed by atoms with Gasteiger partial charge in [0.1, 0.15) is 0 Å². The normalized spacial score (nSPS) is 16.5. The van der Waals surface area contributed by atoms with Crippen molar-refractivity contribution < 1.29 is 4.92 Å². The molecular weight excluding hydrogens is 316 g/mol. The van der Waals surface area contributed by atoms with E-state index in [-0.39, 0.29) is 11.9 Å². The van der Waals surface area contributed by atoms with Crippen LogP contribution in [0.1, 0.15) is 23.6 Å². The van der Waals surface area contributed by atoms with E-state index in [2.05, 4.69) is 10.3 Å². The molecule has 0 radical (unpaired) electrons. The average molecular weight is 329 g/mol. The van der Waals surface area contributed by atoms with Gasteiger partial charge in [-0.3, -0.25) is 0 Å². The van der Waals surface area contributed by atoms with Gasteiger partial charge in [-0.1, -0.05) is 29.8 Å². The van der Waals surface area contributed by atoms with Gasteiger partial charge in [-0.05, 0) is 41.0 Å². The number of rotatable bonds is 3. The largest absolute Gasteiger partial charge is 0.372 e. The number of hydrogen-bond donors (Lipinski definition) is 1. The Morgan fingerprint density at radius 1 is 1.30 bits per heavy atom. The average Bonchev–Trinajstić information content (AvgIpc) is 3.10. The molecule has 0 amide bonds. The van der Waals surface area contributed by atoms with E-state index in [1.54, 1.807) is 24.4 Å². The van der Waals surface area contributed by atoms with Crippen LogP contribution in [0.4, 0.5) is 11.6 Å².